The Kier molecular flexibility index (Phi) is 6.57. The lowest BCUT2D eigenvalue weighted by atomic mass is 9.86. The summed E-state index contributed by atoms with van der Waals surface area (Å²) in [6, 6.07) is 9.74. The summed E-state index contributed by atoms with van der Waals surface area (Å²) < 4.78 is 0. The van der Waals surface area contributed by atoms with Gasteiger partial charge in [-0.1, -0.05) is 65.8 Å². The minimum absolute atomic E-state index is 0.579. The molecule has 0 bridgehead atoms. The molecule has 0 amide bonds. The Hall–Kier alpha value is -0.820. The quantitative estimate of drug-likeness (QED) is 0.755. The van der Waals surface area contributed by atoms with Crippen molar-refractivity contribution in [2.24, 2.45) is 11.8 Å². The first-order valence-corrected chi connectivity index (χ1v) is 7.77. The van der Waals surface area contributed by atoms with Gasteiger partial charge in [-0.15, -0.1) is 0 Å². The van der Waals surface area contributed by atoms with Gasteiger partial charge in [-0.25, -0.2) is 0 Å². The summed E-state index contributed by atoms with van der Waals surface area (Å²) in [7, 11) is 0. The molecule has 0 aliphatic heterocycles. The minimum atomic E-state index is 0.579. The SMILES string of the molecule is CCNC(Cc1ccc(C(C)C)cc1)C(C)C(C)C. The first-order chi connectivity index (χ1) is 8.95. The highest BCUT2D eigenvalue weighted by Crippen LogP contribution is 2.20. The Balaban J connectivity index is 2.73. The van der Waals surface area contributed by atoms with Crippen LogP contribution in [0.1, 0.15) is 58.6 Å². The van der Waals surface area contributed by atoms with Gasteiger partial charge in [0.05, 0.1) is 0 Å². The summed E-state index contributed by atoms with van der Waals surface area (Å²) in [4.78, 5) is 0. The third-order valence-electron chi connectivity index (χ3n) is 4.25. The molecule has 0 heterocycles. The molecule has 19 heavy (non-hydrogen) atoms. The summed E-state index contributed by atoms with van der Waals surface area (Å²) in [6.45, 7) is 14.7. The van der Waals surface area contributed by atoms with Crippen molar-refractivity contribution in [2.75, 3.05) is 6.54 Å². The molecular weight excluding hydrogens is 230 g/mol. The highest BCUT2D eigenvalue weighted by atomic mass is 14.9. The van der Waals surface area contributed by atoms with Crippen molar-refractivity contribution in [1.82, 2.24) is 5.32 Å². The maximum atomic E-state index is 3.65. The number of likely N-dealkylation sites (N-methyl/N-ethyl adjacent to an activating group) is 1. The zero-order valence-electron chi connectivity index (χ0n) is 13.5. The van der Waals surface area contributed by atoms with Crippen LogP contribution in [-0.4, -0.2) is 12.6 Å². The molecule has 0 aliphatic carbocycles. The Morgan fingerprint density at radius 2 is 1.53 bits per heavy atom. The number of rotatable bonds is 7. The molecule has 2 unspecified atom stereocenters. The summed E-state index contributed by atoms with van der Waals surface area (Å²) in [6.07, 6.45) is 1.13. The fraction of sp³-hybridized carbons (Fsp3) is 0.667. The van der Waals surface area contributed by atoms with E-state index in [1.165, 1.54) is 11.1 Å². The zero-order chi connectivity index (χ0) is 14.4. The lowest BCUT2D eigenvalue weighted by Crippen LogP contribution is -2.38. The molecule has 108 valence electrons. The lowest BCUT2D eigenvalue weighted by molar-refractivity contribution is 0.300. The van der Waals surface area contributed by atoms with E-state index in [9.17, 15) is 0 Å². The van der Waals surface area contributed by atoms with Crippen LogP contribution in [0.3, 0.4) is 0 Å². The van der Waals surface area contributed by atoms with Crippen LogP contribution >= 0.6 is 0 Å². The Bertz CT molecular complexity index is 350. The smallest absolute Gasteiger partial charge is 0.0135 e. The van der Waals surface area contributed by atoms with E-state index in [4.69, 9.17) is 0 Å². The van der Waals surface area contributed by atoms with Gasteiger partial charge in [0.2, 0.25) is 0 Å². The Morgan fingerprint density at radius 3 is 1.95 bits per heavy atom. The van der Waals surface area contributed by atoms with Crippen LogP contribution in [0.5, 0.6) is 0 Å². The molecule has 0 saturated carbocycles. The Morgan fingerprint density at radius 1 is 0.947 bits per heavy atom. The maximum absolute atomic E-state index is 3.65. The molecule has 1 nitrogen and oxygen atoms in total. The van der Waals surface area contributed by atoms with Crippen LogP contribution in [0.15, 0.2) is 24.3 Å². The second-order valence-corrected chi connectivity index (χ2v) is 6.37. The van der Waals surface area contributed by atoms with Gasteiger partial charge in [-0.05, 0) is 41.8 Å². The second kappa shape index (κ2) is 7.69. The third-order valence-corrected chi connectivity index (χ3v) is 4.25. The van der Waals surface area contributed by atoms with E-state index in [1.54, 1.807) is 0 Å². The van der Waals surface area contributed by atoms with Crippen molar-refractivity contribution in [2.45, 2.75) is 59.9 Å². The molecule has 0 radical (unpaired) electrons. The van der Waals surface area contributed by atoms with Gasteiger partial charge in [-0.3, -0.25) is 0 Å². The van der Waals surface area contributed by atoms with Crippen molar-refractivity contribution < 1.29 is 0 Å². The molecule has 1 aromatic rings. The topological polar surface area (TPSA) is 12.0 Å². The lowest BCUT2D eigenvalue weighted by Gasteiger charge is -2.28. The number of hydrogen-bond donors (Lipinski definition) is 1. The largest absolute Gasteiger partial charge is 0.314 e. The summed E-state index contributed by atoms with van der Waals surface area (Å²) in [5.74, 6) is 2.04. The van der Waals surface area contributed by atoms with E-state index < -0.39 is 0 Å². The summed E-state index contributed by atoms with van der Waals surface area (Å²) in [5, 5.41) is 3.65. The second-order valence-electron chi connectivity index (χ2n) is 6.37. The molecule has 0 saturated heterocycles. The molecule has 1 aromatic carbocycles. The van der Waals surface area contributed by atoms with E-state index in [2.05, 4.69) is 71.1 Å². The van der Waals surface area contributed by atoms with E-state index in [0.717, 1.165) is 18.9 Å². The molecule has 0 aromatic heterocycles. The molecule has 1 rings (SSSR count). The van der Waals surface area contributed by atoms with Gasteiger partial charge in [0.15, 0.2) is 0 Å². The zero-order valence-corrected chi connectivity index (χ0v) is 13.5. The highest BCUT2D eigenvalue weighted by Gasteiger charge is 2.19. The van der Waals surface area contributed by atoms with Crippen molar-refractivity contribution in [1.29, 1.82) is 0 Å². The summed E-state index contributed by atoms with van der Waals surface area (Å²) >= 11 is 0. The first kappa shape index (κ1) is 16.2. The van der Waals surface area contributed by atoms with Crippen LogP contribution in [0.2, 0.25) is 0 Å². The molecule has 2 atom stereocenters. The van der Waals surface area contributed by atoms with Gasteiger partial charge >= 0.3 is 0 Å². The normalized spacial score (nSPS) is 14.9. The summed E-state index contributed by atoms with van der Waals surface area (Å²) in [5.41, 5.74) is 2.88. The van der Waals surface area contributed by atoms with Crippen LogP contribution < -0.4 is 5.32 Å². The van der Waals surface area contributed by atoms with Crippen molar-refractivity contribution in [3.63, 3.8) is 0 Å². The van der Waals surface area contributed by atoms with Gasteiger partial charge in [0, 0.05) is 6.04 Å². The molecule has 1 N–H and O–H groups in total. The minimum Gasteiger partial charge on any atom is -0.314 e. The van der Waals surface area contributed by atoms with Crippen molar-refractivity contribution in [3.8, 4) is 0 Å². The van der Waals surface area contributed by atoms with Crippen LogP contribution in [0, 0.1) is 11.8 Å². The molecule has 0 aliphatic rings. The monoisotopic (exact) mass is 261 g/mol. The number of benzene rings is 1. The predicted molar refractivity (Wildman–Crippen MR) is 85.7 cm³/mol. The van der Waals surface area contributed by atoms with Crippen LogP contribution in [0.25, 0.3) is 0 Å². The van der Waals surface area contributed by atoms with E-state index in [1.807, 2.05) is 0 Å². The van der Waals surface area contributed by atoms with E-state index in [0.29, 0.717) is 17.9 Å². The standard InChI is InChI=1S/C18H31N/c1-7-19-18(15(6)13(2)3)12-16-8-10-17(11-9-16)14(4)5/h8-11,13-15,18-19H,7,12H2,1-6H3. The molecular formula is C18H31N. The van der Waals surface area contributed by atoms with Gasteiger partial charge in [0.1, 0.15) is 0 Å². The Labute approximate surface area is 119 Å². The fourth-order valence-corrected chi connectivity index (χ4v) is 2.46. The van der Waals surface area contributed by atoms with Crippen LogP contribution in [0.4, 0.5) is 0 Å². The molecule has 0 fully saturated rings. The number of nitrogens with one attached hydrogen (secondary N) is 1. The van der Waals surface area contributed by atoms with E-state index >= 15 is 0 Å². The van der Waals surface area contributed by atoms with E-state index in [-0.39, 0.29) is 0 Å². The fourth-order valence-electron chi connectivity index (χ4n) is 2.46. The maximum Gasteiger partial charge on any atom is 0.0135 e. The van der Waals surface area contributed by atoms with Crippen LogP contribution in [-0.2, 0) is 6.42 Å². The number of hydrogen-bond acceptors (Lipinski definition) is 1. The highest BCUT2D eigenvalue weighted by molar-refractivity contribution is 5.25. The first-order valence-electron chi connectivity index (χ1n) is 7.77. The molecule has 0 spiro atoms. The average molecular weight is 261 g/mol. The molecule has 1 heteroatoms. The van der Waals surface area contributed by atoms with Gasteiger partial charge in [-0.2, -0.15) is 0 Å². The average Bonchev–Trinajstić information content (AvgIpc) is 2.37. The third kappa shape index (κ3) is 4.99. The van der Waals surface area contributed by atoms with Crippen molar-refractivity contribution >= 4 is 0 Å². The van der Waals surface area contributed by atoms with Gasteiger partial charge < -0.3 is 5.32 Å². The van der Waals surface area contributed by atoms with Crippen molar-refractivity contribution in [3.05, 3.63) is 35.4 Å². The van der Waals surface area contributed by atoms with Gasteiger partial charge in [0.25, 0.3) is 0 Å². The predicted octanol–water partition coefficient (Wildman–Crippen LogP) is 4.62.